The summed E-state index contributed by atoms with van der Waals surface area (Å²) >= 11 is 0.533. The monoisotopic (exact) mass is 612 g/mol. The summed E-state index contributed by atoms with van der Waals surface area (Å²) in [6, 6.07) is 12.8. The molecular formula is C33H35F3N2O4S. The average molecular weight is 613 g/mol. The first kappa shape index (κ1) is 28.9. The van der Waals surface area contributed by atoms with Crippen LogP contribution in [0.25, 0.3) is 0 Å². The maximum Gasteiger partial charge on any atom is 0.226 e. The Kier molecular flexibility index (Phi) is 6.62. The van der Waals surface area contributed by atoms with Crippen molar-refractivity contribution in [3.05, 3.63) is 78.0 Å². The van der Waals surface area contributed by atoms with E-state index in [4.69, 9.17) is 4.84 Å². The first-order valence-electron chi connectivity index (χ1n) is 14.8. The van der Waals surface area contributed by atoms with E-state index in [-0.39, 0.29) is 18.4 Å². The van der Waals surface area contributed by atoms with Crippen molar-refractivity contribution in [2.24, 2.45) is 28.6 Å². The molecule has 0 spiro atoms. The summed E-state index contributed by atoms with van der Waals surface area (Å²) in [6.45, 7) is 4.26. The molecule has 7 rings (SSSR count). The van der Waals surface area contributed by atoms with Gasteiger partial charge in [0.05, 0.1) is 12.6 Å². The van der Waals surface area contributed by atoms with E-state index in [2.05, 4.69) is 0 Å². The summed E-state index contributed by atoms with van der Waals surface area (Å²) < 4.78 is 49.3. The Labute approximate surface area is 252 Å². The number of allylic oxidation sites excluding steroid dienone is 4. The average Bonchev–Trinajstić information content (AvgIpc) is 3.65. The van der Waals surface area contributed by atoms with Crippen LogP contribution in [0.4, 0.5) is 19.0 Å². The second kappa shape index (κ2) is 9.84. The second-order valence-corrected chi connectivity index (χ2v) is 14.1. The Bertz CT molecular complexity index is 1530. The summed E-state index contributed by atoms with van der Waals surface area (Å²) in [4.78, 5) is 32.8. The van der Waals surface area contributed by atoms with Gasteiger partial charge in [-0.1, -0.05) is 55.1 Å². The third kappa shape index (κ3) is 3.75. The zero-order valence-corrected chi connectivity index (χ0v) is 24.9. The van der Waals surface area contributed by atoms with E-state index >= 15 is 8.78 Å². The normalized spacial score (nSPS) is 41.3. The third-order valence-electron chi connectivity index (χ3n) is 11.4. The highest BCUT2D eigenvalue weighted by Gasteiger charge is 2.80. The Morgan fingerprint density at radius 2 is 1.91 bits per heavy atom. The predicted molar refractivity (Wildman–Crippen MR) is 157 cm³/mol. The quantitative estimate of drug-likeness (QED) is 0.463. The number of carbonyl (C=O) groups excluding carboxylic acids is 2. The number of halogens is 3. The van der Waals surface area contributed by atoms with Crippen LogP contribution >= 0.6 is 11.8 Å². The van der Waals surface area contributed by atoms with Gasteiger partial charge in [0.2, 0.25) is 5.12 Å². The summed E-state index contributed by atoms with van der Waals surface area (Å²) in [7, 11) is 0. The van der Waals surface area contributed by atoms with E-state index in [1.165, 1.54) is 18.2 Å². The minimum Gasteiger partial charge on any atom is -0.390 e. The van der Waals surface area contributed by atoms with Crippen LogP contribution in [-0.4, -0.2) is 56.7 Å². The fourth-order valence-corrected chi connectivity index (χ4v) is 10.2. The van der Waals surface area contributed by atoms with Gasteiger partial charge in [-0.05, 0) is 67.5 Å². The number of aromatic nitrogens is 1. The number of aliphatic hydroxyl groups excluding tert-OH is 1. The number of hydrogen-bond acceptors (Lipinski definition) is 6. The molecule has 1 aromatic heterocycles. The van der Waals surface area contributed by atoms with Crippen LogP contribution in [0.3, 0.4) is 0 Å². The molecule has 4 aliphatic carbocycles. The molecule has 2 heterocycles. The molecular weight excluding hydrogens is 577 g/mol. The van der Waals surface area contributed by atoms with Crippen molar-refractivity contribution in [1.82, 2.24) is 4.57 Å². The number of carbonyl (C=O) groups is 2. The number of aliphatic hydroxyl groups is 1. The summed E-state index contributed by atoms with van der Waals surface area (Å²) in [6.07, 6.45) is 2.62. The van der Waals surface area contributed by atoms with Gasteiger partial charge in [0.25, 0.3) is 0 Å². The Morgan fingerprint density at radius 3 is 2.65 bits per heavy atom. The molecule has 9 atom stereocenters. The van der Waals surface area contributed by atoms with Gasteiger partial charge in [-0.2, -0.15) is 0 Å². The van der Waals surface area contributed by atoms with E-state index in [0.29, 0.717) is 31.3 Å². The lowest BCUT2D eigenvalue weighted by molar-refractivity contribution is -0.225. The molecule has 1 N–H and O–H groups in total. The molecule has 0 bridgehead atoms. The maximum absolute atomic E-state index is 17.6. The predicted octanol–water partition coefficient (Wildman–Crippen LogP) is 5.76. The number of anilines is 1. The number of hydrogen-bond donors (Lipinski definition) is 1. The first-order valence-corrected chi connectivity index (χ1v) is 15.8. The van der Waals surface area contributed by atoms with Gasteiger partial charge < -0.3 is 9.67 Å². The van der Waals surface area contributed by atoms with Gasteiger partial charge in [-0.3, -0.25) is 14.4 Å². The highest BCUT2D eigenvalue weighted by Crippen LogP contribution is 2.73. The molecule has 5 aliphatic rings. The number of thioether (sulfide) groups is 1. The molecule has 6 nitrogen and oxygen atoms in total. The zero-order valence-electron chi connectivity index (χ0n) is 24.1. The van der Waals surface area contributed by atoms with Crippen LogP contribution in [0.15, 0.2) is 72.5 Å². The van der Waals surface area contributed by atoms with Gasteiger partial charge >= 0.3 is 0 Å². The van der Waals surface area contributed by atoms with Gasteiger partial charge in [-0.25, -0.2) is 18.2 Å². The molecule has 1 saturated heterocycles. The molecule has 10 heteroatoms. The fraction of sp³-hybridized carbons (Fsp3) is 0.515. The molecule has 228 valence electrons. The first-order chi connectivity index (χ1) is 20.5. The lowest BCUT2D eigenvalue weighted by Crippen LogP contribution is -2.70. The van der Waals surface area contributed by atoms with Crippen molar-refractivity contribution < 1.29 is 32.7 Å². The van der Waals surface area contributed by atoms with E-state index in [1.807, 2.05) is 60.2 Å². The van der Waals surface area contributed by atoms with Crippen molar-refractivity contribution in [2.45, 2.75) is 63.2 Å². The van der Waals surface area contributed by atoms with Crippen molar-refractivity contribution in [2.75, 3.05) is 17.6 Å². The van der Waals surface area contributed by atoms with Crippen molar-refractivity contribution in [3.8, 4) is 0 Å². The molecule has 2 aromatic rings. The van der Waals surface area contributed by atoms with Gasteiger partial charge in [0.15, 0.2) is 17.1 Å². The molecule has 4 fully saturated rings. The van der Waals surface area contributed by atoms with E-state index in [0.717, 1.165) is 11.4 Å². The van der Waals surface area contributed by atoms with Crippen LogP contribution in [-0.2, 0) is 21.0 Å². The van der Waals surface area contributed by atoms with Gasteiger partial charge in [0, 0.05) is 35.4 Å². The molecule has 0 unspecified atom stereocenters. The standard InChI is InChI=1S/C33H35F3N2O4S/c1-30-11-10-22(39)14-25(30)26(35)15-24-23-13-21-18-38(28-9-6-12-37(28)17-20-7-4-3-5-8-20)42-33(21,29(41)43-19-34)31(23,2)16-27(40)32(24,30)36/h3-12,14,21,23-24,26-27,40H,13,15-19H2,1-2H3/t21-,23-,24-,26-,27-,30-,31-,32-,33-/m0/s1. The lowest BCUT2D eigenvalue weighted by atomic mass is 9.44. The van der Waals surface area contributed by atoms with E-state index < -0.39 is 69.0 Å². The van der Waals surface area contributed by atoms with Crippen molar-refractivity contribution >= 4 is 28.5 Å². The summed E-state index contributed by atoms with van der Waals surface area (Å²) in [5.74, 6) is -1.57. The number of hydroxylamine groups is 1. The topological polar surface area (TPSA) is 71.8 Å². The Morgan fingerprint density at radius 1 is 1.14 bits per heavy atom. The fourth-order valence-electron chi connectivity index (χ4n) is 9.43. The number of fused-ring (bicyclic) bond motifs is 7. The number of alkyl halides is 3. The van der Waals surface area contributed by atoms with Crippen LogP contribution < -0.4 is 5.06 Å². The SMILES string of the molecule is C[C@]12C=CC(=O)C=C1[C@@H](F)C[C@H]1[C@@H]3C[C@H]4CN(c5cccn5Cc5ccccc5)O[C@@]4(C(=O)SCF)[C@@]3(C)C[C@H](O)[C@@]12F. The summed E-state index contributed by atoms with van der Waals surface area (Å²) in [5, 5.41) is 12.9. The largest absolute Gasteiger partial charge is 0.390 e. The lowest BCUT2D eigenvalue weighted by Gasteiger charge is -2.63. The van der Waals surface area contributed by atoms with Crippen LogP contribution in [0.1, 0.15) is 38.7 Å². The van der Waals surface area contributed by atoms with Crippen molar-refractivity contribution in [1.29, 1.82) is 0 Å². The molecule has 43 heavy (non-hydrogen) atoms. The highest BCUT2D eigenvalue weighted by atomic mass is 32.2. The smallest absolute Gasteiger partial charge is 0.226 e. The Balaban J connectivity index is 1.28. The number of rotatable bonds is 5. The number of benzene rings is 1. The Hall–Kier alpha value is -2.82. The molecule has 3 saturated carbocycles. The minimum atomic E-state index is -2.26. The number of nitrogens with zero attached hydrogens (tertiary/aromatic N) is 2. The second-order valence-electron chi connectivity index (χ2n) is 13.2. The molecule has 0 radical (unpaired) electrons. The minimum absolute atomic E-state index is 0.0555. The van der Waals surface area contributed by atoms with Crippen LogP contribution in [0.5, 0.6) is 0 Å². The summed E-state index contributed by atoms with van der Waals surface area (Å²) in [5.41, 5.74) is -5.29. The molecule has 1 aromatic carbocycles. The zero-order chi connectivity index (χ0) is 30.4. The molecule has 1 aliphatic heterocycles. The van der Waals surface area contributed by atoms with Crippen LogP contribution in [0, 0.1) is 28.6 Å². The molecule has 0 amide bonds. The maximum atomic E-state index is 17.6. The third-order valence-corrected chi connectivity index (χ3v) is 12.0. The van der Waals surface area contributed by atoms with E-state index in [1.54, 1.807) is 12.0 Å². The van der Waals surface area contributed by atoms with Gasteiger partial charge in [-0.15, -0.1) is 0 Å². The van der Waals surface area contributed by atoms with E-state index in [9.17, 15) is 19.1 Å². The van der Waals surface area contributed by atoms with Crippen molar-refractivity contribution in [3.63, 3.8) is 0 Å². The number of ketones is 1. The van der Waals surface area contributed by atoms with Crippen LogP contribution in [0.2, 0.25) is 0 Å². The highest BCUT2D eigenvalue weighted by molar-refractivity contribution is 8.13. The van der Waals surface area contributed by atoms with Gasteiger partial charge in [0.1, 0.15) is 18.0 Å².